The highest BCUT2D eigenvalue weighted by Crippen LogP contribution is 2.32. The smallest absolute Gasteiger partial charge is 0.245 e. The Hall–Kier alpha value is -3.14. The van der Waals surface area contributed by atoms with Crippen molar-refractivity contribution in [2.45, 2.75) is 26.6 Å². The van der Waals surface area contributed by atoms with Crippen LogP contribution in [0.2, 0.25) is 0 Å². The second-order valence-electron chi connectivity index (χ2n) is 6.43. The Bertz CT molecular complexity index is 893. The van der Waals surface area contributed by atoms with Crippen molar-refractivity contribution in [3.63, 3.8) is 0 Å². The van der Waals surface area contributed by atoms with Crippen LogP contribution in [0, 0.1) is 0 Å². The summed E-state index contributed by atoms with van der Waals surface area (Å²) in [5.41, 5.74) is 2.34. The fourth-order valence-electron chi connectivity index (χ4n) is 2.59. The number of nitrogens with zero attached hydrogens (tertiary/aromatic N) is 1. The number of carbonyl (C=O) groups excluding carboxylic acids is 1. The fraction of sp³-hybridized carbons (Fsp3) is 0.182. The van der Waals surface area contributed by atoms with Gasteiger partial charge in [0.15, 0.2) is 5.78 Å². The molecule has 0 unspecified atom stereocenters. The van der Waals surface area contributed by atoms with Crippen molar-refractivity contribution in [3.8, 4) is 0 Å². The molecule has 0 bridgehead atoms. The lowest BCUT2D eigenvalue weighted by Gasteiger charge is -2.33. The van der Waals surface area contributed by atoms with Gasteiger partial charge in [-0.05, 0) is 25.1 Å². The van der Waals surface area contributed by atoms with Crippen molar-refractivity contribution < 1.29 is 14.3 Å². The highest BCUT2D eigenvalue weighted by molar-refractivity contribution is 5.95. The van der Waals surface area contributed by atoms with Gasteiger partial charge < -0.3 is 9.47 Å². The van der Waals surface area contributed by atoms with Crippen LogP contribution < -0.4 is 0 Å². The molecule has 0 saturated heterocycles. The van der Waals surface area contributed by atoms with Crippen molar-refractivity contribution >= 4 is 23.4 Å². The average molecular weight is 347 g/mol. The first-order valence-corrected chi connectivity index (χ1v) is 8.43. The van der Waals surface area contributed by atoms with Gasteiger partial charge in [0.25, 0.3) is 0 Å². The number of allylic oxidation sites excluding steroid dienone is 2. The second kappa shape index (κ2) is 7.40. The van der Waals surface area contributed by atoms with Crippen molar-refractivity contribution in [2.75, 3.05) is 0 Å². The summed E-state index contributed by atoms with van der Waals surface area (Å²) in [4.78, 5) is 15.8. The zero-order valence-corrected chi connectivity index (χ0v) is 15.1. The number of ether oxygens (including phenoxy) is 2. The molecule has 3 rings (SSSR count). The van der Waals surface area contributed by atoms with Crippen LogP contribution in [0.4, 0.5) is 5.69 Å². The van der Waals surface area contributed by atoms with Crippen molar-refractivity contribution in [3.05, 3.63) is 83.6 Å². The molecule has 0 amide bonds. The third-order valence-corrected chi connectivity index (χ3v) is 3.77. The predicted molar refractivity (Wildman–Crippen MR) is 103 cm³/mol. The maximum atomic E-state index is 11.5. The summed E-state index contributed by atoms with van der Waals surface area (Å²) >= 11 is 0. The third-order valence-electron chi connectivity index (χ3n) is 3.77. The van der Waals surface area contributed by atoms with Gasteiger partial charge in [0.05, 0.1) is 5.69 Å². The normalized spacial score (nSPS) is 17.5. The minimum Gasteiger partial charge on any atom is -0.453 e. The fourth-order valence-corrected chi connectivity index (χ4v) is 2.59. The number of hydrogen-bond donors (Lipinski definition) is 0. The molecule has 0 atom stereocenters. The number of ketones is 1. The van der Waals surface area contributed by atoms with Crippen molar-refractivity contribution in [1.29, 1.82) is 0 Å². The summed E-state index contributed by atoms with van der Waals surface area (Å²) in [6, 6.07) is 17.1. The molecule has 0 spiro atoms. The van der Waals surface area contributed by atoms with E-state index in [4.69, 9.17) is 9.47 Å². The van der Waals surface area contributed by atoms with Gasteiger partial charge in [-0.2, -0.15) is 0 Å². The monoisotopic (exact) mass is 347 g/mol. The first kappa shape index (κ1) is 17.7. The Balaban J connectivity index is 1.85. The number of hydrogen-bond acceptors (Lipinski definition) is 4. The number of carbonyl (C=O) groups is 1. The van der Waals surface area contributed by atoms with E-state index < -0.39 is 5.79 Å². The molecule has 0 aliphatic carbocycles. The van der Waals surface area contributed by atoms with E-state index in [1.165, 1.54) is 0 Å². The number of Topliss-reactive ketones (excluding diaryl/α,β-unsaturated/α-hetero) is 1. The summed E-state index contributed by atoms with van der Waals surface area (Å²) in [6.07, 6.45) is 5.29. The molecule has 26 heavy (non-hydrogen) atoms. The molecular formula is C22H21NO3. The average Bonchev–Trinajstić information content (AvgIpc) is 2.61. The Morgan fingerprint density at radius 3 is 2.54 bits per heavy atom. The van der Waals surface area contributed by atoms with Crippen LogP contribution >= 0.6 is 0 Å². The van der Waals surface area contributed by atoms with E-state index in [2.05, 4.69) is 4.99 Å². The lowest BCUT2D eigenvalue weighted by Crippen LogP contribution is -2.30. The lowest BCUT2D eigenvalue weighted by atomic mass is 10.1. The van der Waals surface area contributed by atoms with Crippen LogP contribution in [0.15, 0.2) is 77.5 Å². The van der Waals surface area contributed by atoms with Gasteiger partial charge in [0.1, 0.15) is 11.5 Å². The minimum atomic E-state index is -0.770. The minimum absolute atomic E-state index is 0.0188. The van der Waals surface area contributed by atoms with Gasteiger partial charge in [-0.25, -0.2) is 0 Å². The lowest BCUT2D eigenvalue weighted by molar-refractivity contribution is -0.149. The SMILES string of the molecule is CC(=O)c1cccc(N=C/C=C2\C=C(c3ccccc3)OC(C)(C)O2)c1. The first-order valence-electron chi connectivity index (χ1n) is 8.43. The van der Waals surface area contributed by atoms with E-state index in [1.54, 1.807) is 31.3 Å². The summed E-state index contributed by atoms with van der Waals surface area (Å²) in [5, 5.41) is 0. The number of rotatable bonds is 4. The van der Waals surface area contributed by atoms with Gasteiger partial charge in [-0.3, -0.25) is 9.79 Å². The van der Waals surface area contributed by atoms with Crippen LogP contribution in [0.1, 0.15) is 36.7 Å². The maximum Gasteiger partial charge on any atom is 0.245 e. The summed E-state index contributed by atoms with van der Waals surface area (Å²) in [5.74, 6) is 0.658. The molecule has 2 aromatic carbocycles. The molecule has 4 heteroatoms. The molecule has 0 saturated carbocycles. The summed E-state index contributed by atoms with van der Waals surface area (Å²) in [6.45, 7) is 5.27. The van der Waals surface area contributed by atoms with E-state index in [9.17, 15) is 4.79 Å². The van der Waals surface area contributed by atoms with Crippen molar-refractivity contribution in [2.24, 2.45) is 4.99 Å². The molecule has 1 heterocycles. The Labute approximate surface area is 153 Å². The molecule has 0 aromatic heterocycles. The first-order chi connectivity index (χ1) is 12.4. The third kappa shape index (κ3) is 4.48. The highest BCUT2D eigenvalue weighted by Gasteiger charge is 2.28. The molecule has 1 aliphatic rings. The van der Waals surface area contributed by atoms with Crippen molar-refractivity contribution in [1.82, 2.24) is 0 Å². The number of aliphatic imine (C=N–C) groups is 1. The van der Waals surface area contributed by atoms with E-state index in [-0.39, 0.29) is 5.78 Å². The predicted octanol–water partition coefficient (Wildman–Crippen LogP) is 5.30. The standard InChI is InChI=1S/C22H21NO3/c1-16(24)18-10-7-11-19(14-18)23-13-12-20-15-21(26-22(2,3)25-20)17-8-5-4-6-9-17/h4-15H,1-3H3/b20-12+,23-13?. The molecule has 4 nitrogen and oxygen atoms in total. The second-order valence-corrected chi connectivity index (χ2v) is 6.43. The van der Waals surface area contributed by atoms with Crippen LogP contribution in [0.25, 0.3) is 5.76 Å². The zero-order chi connectivity index (χ0) is 18.6. The molecule has 0 fully saturated rings. The van der Waals surface area contributed by atoms with Gasteiger partial charge in [0, 0.05) is 37.3 Å². The van der Waals surface area contributed by atoms with E-state index in [1.807, 2.05) is 62.4 Å². The summed E-state index contributed by atoms with van der Waals surface area (Å²) < 4.78 is 11.8. The Kier molecular flexibility index (Phi) is 5.03. The quantitative estimate of drug-likeness (QED) is 0.557. The van der Waals surface area contributed by atoms with Crippen LogP contribution in [-0.2, 0) is 9.47 Å². The maximum absolute atomic E-state index is 11.5. The van der Waals surface area contributed by atoms with E-state index in [0.29, 0.717) is 17.0 Å². The topological polar surface area (TPSA) is 47.9 Å². The summed E-state index contributed by atoms with van der Waals surface area (Å²) in [7, 11) is 0. The van der Waals surface area contributed by atoms with E-state index >= 15 is 0 Å². The molecule has 1 aliphatic heterocycles. The molecule has 2 aromatic rings. The van der Waals surface area contributed by atoms with Gasteiger partial charge in [0.2, 0.25) is 5.79 Å². The molecule has 0 radical (unpaired) electrons. The molecule has 132 valence electrons. The number of benzene rings is 2. The van der Waals surface area contributed by atoms with E-state index in [0.717, 1.165) is 11.3 Å². The Morgan fingerprint density at radius 2 is 1.81 bits per heavy atom. The van der Waals surface area contributed by atoms with Gasteiger partial charge in [-0.1, -0.05) is 42.5 Å². The van der Waals surface area contributed by atoms with Crippen LogP contribution in [0.5, 0.6) is 0 Å². The van der Waals surface area contributed by atoms with Gasteiger partial charge >= 0.3 is 0 Å². The highest BCUT2D eigenvalue weighted by atomic mass is 16.7. The molecule has 0 N–H and O–H groups in total. The Morgan fingerprint density at radius 1 is 1.04 bits per heavy atom. The zero-order valence-electron chi connectivity index (χ0n) is 15.1. The van der Waals surface area contributed by atoms with Crippen LogP contribution in [0.3, 0.4) is 0 Å². The largest absolute Gasteiger partial charge is 0.453 e. The van der Waals surface area contributed by atoms with Gasteiger partial charge in [-0.15, -0.1) is 0 Å². The van der Waals surface area contributed by atoms with Crippen LogP contribution in [-0.4, -0.2) is 17.8 Å². The molecular weight excluding hydrogens is 326 g/mol.